The number of quaternary nitrogens is 2. The Morgan fingerprint density at radius 2 is 0.594 bits per heavy atom. The van der Waals surface area contributed by atoms with Crippen LogP contribution in [0.4, 0.5) is 0 Å². The van der Waals surface area contributed by atoms with Crippen molar-refractivity contribution in [3.63, 3.8) is 0 Å². The fraction of sp³-hybridized carbons (Fsp3) is 1.00. The van der Waals surface area contributed by atoms with Gasteiger partial charge in [-0.15, -0.1) is 0 Å². The normalized spacial score (nSPS) is 20.4. The molecule has 0 spiro atoms. The van der Waals surface area contributed by atoms with Crippen molar-refractivity contribution in [2.45, 2.75) is 103 Å². The highest BCUT2D eigenvalue weighted by Crippen LogP contribution is 2.16. The third kappa shape index (κ3) is 13.5. The van der Waals surface area contributed by atoms with E-state index in [9.17, 15) is 0 Å². The third-order valence-corrected chi connectivity index (χ3v) is 8.25. The predicted octanol–water partition coefficient (Wildman–Crippen LogP) is 6.18. The Bertz CT molecular complexity index is 391. The molecule has 2 aliphatic heterocycles. The average Bonchev–Trinajstić information content (AvgIpc) is 2.79. The Kier molecular flexibility index (Phi) is 15.2. The molecule has 2 fully saturated rings. The highest BCUT2D eigenvalue weighted by Gasteiger charge is 2.25. The van der Waals surface area contributed by atoms with Gasteiger partial charge in [-0.05, 0) is 25.7 Å². The van der Waals surface area contributed by atoms with Gasteiger partial charge in [0, 0.05) is 0 Å². The summed E-state index contributed by atoms with van der Waals surface area (Å²) in [6.45, 7) is 11.4. The summed E-state index contributed by atoms with van der Waals surface area (Å²) in [7, 11) is 4.83. The third-order valence-electron chi connectivity index (χ3n) is 8.25. The molecule has 0 unspecified atom stereocenters. The van der Waals surface area contributed by atoms with Crippen molar-refractivity contribution in [1.29, 1.82) is 0 Å². The molecule has 32 heavy (non-hydrogen) atoms. The highest BCUT2D eigenvalue weighted by molar-refractivity contribution is 4.53. The van der Waals surface area contributed by atoms with Crippen LogP contribution < -0.4 is 0 Å². The molecule has 2 saturated heterocycles. The maximum atomic E-state index is 5.50. The second kappa shape index (κ2) is 17.3. The van der Waals surface area contributed by atoms with Gasteiger partial charge in [0.25, 0.3) is 0 Å². The van der Waals surface area contributed by atoms with Crippen LogP contribution >= 0.6 is 0 Å². The van der Waals surface area contributed by atoms with Crippen LogP contribution in [-0.2, 0) is 9.47 Å². The molecule has 0 aromatic heterocycles. The summed E-state index contributed by atoms with van der Waals surface area (Å²) in [6.07, 6.45) is 23.2. The molecule has 0 amide bonds. The molecule has 0 aromatic rings. The summed E-state index contributed by atoms with van der Waals surface area (Å²) in [5.74, 6) is 0. The molecule has 0 saturated carbocycles. The second-order valence-electron chi connectivity index (χ2n) is 11.5. The zero-order chi connectivity index (χ0) is 22.8. The molecule has 0 bridgehead atoms. The Morgan fingerprint density at radius 3 is 0.844 bits per heavy atom. The van der Waals surface area contributed by atoms with E-state index in [-0.39, 0.29) is 0 Å². The zero-order valence-corrected chi connectivity index (χ0v) is 22.1. The first-order valence-electron chi connectivity index (χ1n) is 14.4. The van der Waals surface area contributed by atoms with Crippen molar-refractivity contribution in [2.24, 2.45) is 0 Å². The molecule has 2 aliphatic rings. The van der Waals surface area contributed by atoms with Gasteiger partial charge in [0.1, 0.15) is 26.2 Å². The SMILES string of the molecule is C[N+]1(CCCCCCCCCCCCCCCCCC[N+]2(C)CCOCC2)CCOCC1. The van der Waals surface area contributed by atoms with E-state index in [0.29, 0.717) is 0 Å². The van der Waals surface area contributed by atoms with Gasteiger partial charge in [-0.25, -0.2) is 0 Å². The first-order valence-corrected chi connectivity index (χ1v) is 14.4. The highest BCUT2D eigenvalue weighted by atomic mass is 16.5. The maximum Gasteiger partial charge on any atom is 0.102 e. The summed E-state index contributed by atoms with van der Waals surface area (Å²) in [5, 5.41) is 0. The van der Waals surface area contributed by atoms with E-state index in [1.165, 1.54) is 151 Å². The lowest BCUT2D eigenvalue weighted by molar-refractivity contribution is -0.917. The Morgan fingerprint density at radius 1 is 0.375 bits per heavy atom. The molecule has 0 aromatic carbocycles. The number of hydrogen-bond donors (Lipinski definition) is 0. The summed E-state index contributed by atoms with van der Waals surface area (Å²) >= 11 is 0. The summed E-state index contributed by atoms with van der Waals surface area (Å²) in [4.78, 5) is 0. The smallest absolute Gasteiger partial charge is 0.102 e. The van der Waals surface area contributed by atoms with Crippen molar-refractivity contribution >= 4 is 0 Å². The number of likely N-dealkylation sites (N-methyl/N-ethyl adjacent to an activating group) is 2. The molecule has 0 aliphatic carbocycles. The van der Waals surface area contributed by atoms with Crippen molar-refractivity contribution in [3.05, 3.63) is 0 Å². The zero-order valence-electron chi connectivity index (χ0n) is 22.1. The number of morpholine rings is 2. The van der Waals surface area contributed by atoms with Crippen molar-refractivity contribution in [2.75, 3.05) is 79.8 Å². The molecule has 4 heteroatoms. The van der Waals surface area contributed by atoms with Gasteiger partial charge in [-0.1, -0.05) is 77.0 Å². The van der Waals surface area contributed by atoms with Gasteiger partial charge in [0.05, 0.1) is 53.6 Å². The molecular weight excluding hydrogens is 396 g/mol. The summed E-state index contributed by atoms with van der Waals surface area (Å²) in [5.41, 5.74) is 0. The van der Waals surface area contributed by atoms with E-state index in [1.54, 1.807) is 0 Å². The van der Waals surface area contributed by atoms with Gasteiger partial charge in [0.15, 0.2) is 0 Å². The first-order chi connectivity index (χ1) is 15.6. The summed E-state index contributed by atoms with van der Waals surface area (Å²) in [6, 6.07) is 0. The van der Waals surface area contributed by atoms with Crippen molar-refractivity contribution in [1.82, 2.24) is 0 Å². The minimum Gasteiger partial charge on any atom is -0.370 e. The number of unbranched alkanes of at least 4 members (excludes halogenated alkanes) is 15. The van der Waals surface area contributed by atoms with Gasteiger partial charge < -0.3 is 18.4 Å². The second-order valence-corrected chi connectivity index (χ2v) is 11.5. The number of nitrogens with zero attached hydrogens (tertiary/aromatic N) is 2. The van der Waals surface area contributed by atoms with Gasteiger partial charge in [-0.2, -0.15) is 0 Å². The lowest BCUT2D eigenvalue weighted by atomic mass is 10.0. The minimum atomic E-state index is 0.965. The van der Waals surface area contributed by atoms with Crippen LogP contribution in [0.15, 0.2) is 0 Å². The van der Waals surface area contributed by atoms with Crippen LogP contribution in [0.2, 0.25) is 0 Å². The maximum absolute atomic E-state index is 5.50. The fourth-order valence-corrected chi connectivity index (χ4v) is 5.48. The van der Waals surface area contributed by atoms with Crippen LogP contribution in [0, 0.1) is 0 Å². The molecule has 4 nitrogen and oxygen atoms in total. The van der Waals surface area contributed by atoms with E-state index >= 15 is 0 Å². The van der Waals surface area contributed by atoms with E-state index in [0.717, 1.165) is 26.4 Å². The molecule has 2 rings (SSSR count). The largest absolute Gasteiger partial charge is 0.370 e. The van der Waals surface area contributed by atoms with Crippen LogP contribution in [0.25, 0.3) is 0 Å². The molecular formula is C28H58N2O2+2. The number of ether oxygens (including phenoxy) is 2. The van der Waals surface area contributed by atoms with Crippen LogP contribution in [0.5, 0.6) is 0 Å². The topological polar surface area (TPSA) is 18.5 Å². The number of hydrogen-bond acceptors (Lipinski definition) is 2. The van der Waals surface area contributed by atoms with Crippen LogP contribution in [-0.4, -0.2) is 88.8 Å². The first kappa shape index (κ1) is 28.1. The molecule has 0 N–H and O–H groups in total. The Hall–Kier alpha value is -0.160. The van der Waals surface area contributed by atoms with Gasteiger partial charge >= 0.3 is 0 Å². The van der Waals surface area contributed by atoms with E-state index < -0.39 is 0 Å². The Labute approximate surface area is 201 Å². The van der Waals surface area contributed by atoms with E-state index in [1.807, 2.05) is 0 Å². The molecule has 2 heterocycles. The standard InChI is InChI=1S/C28H58N2O2/c1-29(21-25-31-26-22-29)19-17-15-13-11-9-7-5-3-4-6-8-10-12-14-16-18-20-30(2)23-27-32-28-24-30/h3-28H2,1-2H3/q+2. The van der Waals surface area contributed by atoms with E-state index in [4.69, 9.17) is 9.47 Å². The Balaban J connectivity index is 1.23. The predicted molar refractivity (Wildman–Crippen MR) is 137 cm³/mol. The monoisotopic (exact) mass is 454 g/mol. The number of rotatable bonds is 19. The van der Waals surface area contributed by atoms with Crippen LogP contribution in [0.3, 0.4) is 0 Å². The van der Waals surface area contributed by atoms with E-state index in [2.05, 4.69) is 14.1 Å². The average molecular weight is 455 g/mol. The van der Waals surface area contributed by atoms with Crippen molar-refractivity contribution < 1.29 is 18.4 Å². The quantitative estimate of drug-likeness (QED) is 0.171. The molecule has 190 valence electrons. The van der Waals surface area contributed by atoms with Gasteiger partial charge in [-0.3, -0.25) is 0 Å². The van der Waals surface area contributed by atoms with Crippen LogP contribution in [0.1, 0.15) is 103 Å². The molecule has 0 atom stereocenters. The summed E-state index contributed by atoms with van der Waals surface area (Å²) < 4.78 is 13.5. The fourth-order valence-electron chi connectivity index (χ4n) is 5.48. The van der Waals surface area contributed by atoms with Gasteiger partial charge in [0.2, 0.25) is 0 Å². The lowest BCUT2D eigenvalue weighted by Gasteiger charge is -2.37. The minimum absolute atomic E-state index is 0.965. The lowest BCUT2D eigenvalue weighted by Crippen LogP contribution is -2.52. The van der Waals surface area contributed by atoms with Crippen molar-refractivity contribution in [3.8, 4) is 0 Å². The molecule has 0 radical (unpaired) electrons.